The van der Waals surface area contributed by atoms with E-state index in [4.69, 9.17) is 25.8 Å². The van der Waals surface area contributed by atoms with Crippen molar-refractivity contribution >= 4 is 34.7 Å². The Morgan fingerprint density at radius 3 is 2.73 bits per heavy atom. The van der Waals surface area contributed by atoms with E-state index in [0.29, 0.717) is 48.9 Å². The highest BCUT2D eigenvalue weighted by Gasteiger charge is 2.45. The van der Waals surface area contributed by atoms with E-state index in [2.05, 4.69) is 23.3 Å². The standard InChI is InChI=1S/C34H40ClN3O6/c1-4-18-43-32(40)36-21-24(39)14-19-42-25-11-15-34(3,16-12-25)31-30-27(28-20-23(35)7-10-29(28)37-30)13-17-38(31)33(41)44-26-8-5-22(2)6-9-26/h5-12,15,20,24,31,37,39H,4,13-14,16-19,21H2,1-3H3,(H,36,40)/t24?,31-,34?/m1/s1. The number of hydrogen-bond donors (Lipinski definition) is 3. The quantitative estimate of drug-likeness (QED) is 0.225. The molecule has 1 aliphatic heterocycles. The number of allylic oxidation sites excluding steroid dienone is 2. The third-order valence-electron chi connectivity index (χ3n) is 8.18. The fraction of sp³-hybridized carbons (Fsp3) is 0.412. The molecule has 3 aromatic rings. The van der Waals surface area contributed by atoms with Gasteiger partial charge in [-0.1, -0.05) is 49.2 Å². The van der Waals surface area contributed by atoms with E-state index in [1.54, 1.807) is 0 Å². The molecule has 9 nitrogen and oxygen atoms in total. The Hall–Kier alpha value is -3.95. The van der Waals surface area contributed by atoms with Crippen molar-refractivity contribution < 1.29 is 28.9 Å². The van der Waals surface area contributed by atoms with Crippen LogP contribution in [0, 0.1) is 12.3 Å². The highest BCUT2D eigenvalue weighted by atomic mass is 35.5. The number of amides is 2. The second-order valence-corrected chi connectivity index (χ2v) is 12.1. The average Bonchev–Trinajstić information content (AvgIpc) is 3.38. The van der Waals surface area contributed by atoms with Crippen LogP contribution in [0.3, 0.4) is 0 Å². The van der Waals surface area contributed by atoms with Gasteiger partial charge in [0, 0.05) is 46.5 Å². The number of H-pyrrole nitrogens is 1. The van der Waals surface area contributed by atoms with E-state index in [1.165, 1.54) is 0 Å². The summed E-state index contributed by atoms with van der Waals surface area (Å²) in [6.45, 7) is 7.25. The summed E-state index contributed by atoms with van der Waals surface area (Å²) >= 11 is 6.37. The molecule has 0 saturated heterocycles. The van der Waals surface area contributed by atoms with E-state index < -0.39 is 23.7 Å². The molecule has 5 rings (SSSR count). The van der Waals surface area contributed by atoms with Crippen LogP contribution in [0.4, 0.5) is 9.59 Å². The summed E-state index contributed by atoms with van der Waals surface area (Å²) in [5, 5.41) is 14.5. The third kappa shape index (κ3) is 7.22. The molecule has 2 heterocycles. The maximum absolute atomic E-state index is 13.7. The van der Waals surface area contributed by atoms with Crippen molar-refractivity contribution in [2.45, 2.75) is 58.6 Å². The molecule has 10 heteroatoms. The zero-order chi connectivity index (χ0) is 31.3. The van der Waals surface area contributed by atoms with Gasteiger partial charge in [-0.15, -0.1) is 0 Å². The summed E-state index contributed by atoms with van der Waals surface area (Å²) in [5.74, 6) is 1.20. The highest BCUT2D eigenvalue weighted by Crippen LogP contribution is 2.49. The number of aryl methyl sites for hydroxylation is 1. The van der Waals surface area contributed by atoms with Crippen molar-refractivity contribution in [1.29, 1.82) is 0 Å². The number of alkyl carbamates (subject to hydrolysis) is 1. The molecule has 0 fully saturated rings. The van der Waals surface area contributed by atoms with Crippen molar-refractivity contribution in [3.63, 3.8) is 0 Å². The number of aromatic nitrogens is 1. The van der Waals surface area contributed by atoms with Gasteiger partial charge in [0.05, 0.1) is 25.4 Å². The number of hydrogen-bond acceptors (Lipinski definition) is 6. The van der Waals surface area contributed by atoms with Gasteiger partial charge in [-0.2, -0.15) is 0 Å². The van der Waals surface area contributed by atoms with Crippen molar-refractivity contribution in [2.24, 2.45) is 5.41 Å². The predicted octanol–water partition coefficient (Wildman–Crippen LogP) is 6.98. The maximum atomic E-state index is 13.7. The van der Waals surface area contributed by atoms with Crippen LogP contribution in [0.5, 0.6) is 5.75 Å². The first-order valence-corrected chi connectivity index (χ1v) is 15.5. The molecule has 0 radical (unpaired) electrons. The molecule has 2 aromatic carbocycles. The van der Waals surface area contributed by atoms with E-state index in [1.807, 2.05) is 73.4 Å². The first-order valence-electron chi connectivity index (χ1n) is 15.1. The number of nitrogens with zero attached hydrogens (tertiary/aromatic N) is 1. The van der Waals surface area contributed by atoms with Crippen LogP contribution in [0.1, 0.15) is 56.0 Å². The van der Waals surface area contributed by atoms with Gasteiger partial charge in [0.25, 0.3) is 0 Å². The number of rotatable bonds is 10. The third-order valence-corrected chi connectivity index (χ3v) is 8.42. The minimum atomic E-state index is -0.758. The molecule has 44 heavy (non-hydrogen) atoms. The number of carbonyl (C=O) groups is 2. The first kappa shape index (κ1) is 31.5. The van der Waals surface area contributed by atoms with Crippen LogP contribution >= 0.6 is 11.6 Å². The van der Waals surface area contributed by atoms with Gasteiger partial charge in [-0.25, -0.2) is 9.59 Å². The molecule has 2 aliphatic rings. The molecule has 2 amide bonds. The van der Waals surface area contributed by atoms with Crippen LogP contribution < -0.4 is 10.1 Å². The van der Waals surface area contributed by atoms with Crippen molar-refractivity contribution in [3.8, 4) is 5.75 Å². The Bertz CT molecular complexity index is 1550. The zero-order valence-electron chi connectivity index (χ0n) is 25.4. The van der Waals surface area contributed by atoms with Crippen molar-refractivity contribution in [2.75, 3.05) is 26.3 Å². The SMILES string of the molecule is CCCOC(=O)NCC(O)CCOC1=CCC(C)([C@H]2c3[nH]c4ccc(Cl)cc4c3CCN2C(=O)Oc2ccc(C)cc2)C=C1. The Balaban J connectivity index is 1.30. The summed E-state index contributed by atoms with van der Waals surface area (Å²) < 4.78 is 16.8. The van der Waals surface area contributed by atoms with Gasteiger partial charge in [-0.3, -0.25) is 4.90 Å². The van der Waals surface area contributed by atoms with Crippen LogP contribution in [0.25, 0.3) is 10.9 Å². The number of aliphatic hydroxyl groups excluding tert-OH is 1. The lowest BCUT2D eigenvalue weighted by Crippen LogP contribution is -2.48. The Kier molecular flexibility index (Phi) is 9.86. The number of fused-ring (bicyclic) bond motifs is 3. The van der Waals surface area contributed by atoms with Crippen molar-refractivity contribution in [3.05, 3.63) is 88.3 Å². The minimum absolute atomic E-state index is 0.0904. The van der Waals surface area contributed by atoms with Gasteiger partial charge >= 0.3 is 12.2 Å². The van der Waals surface area contributed by atoms with E-state index >= 15 is 0 Å². The molecule has 0 spiro atoms. The topological polar surface area (TPSA) is 113 Å². The second kappa shape index (κ2) is 13.8. The molecule has 234 valence electrons. The van der Waals surface area contributed by atoms with Crippen LogP contribution in [-0.2, 0) is 15.9 Å². The number of halogens is 1. The molecule has 2 unspecified atom stereocenters. The average molecular weight is 622 g/mol. The Morgan fingerprint density at radius 2 is 2.00 bits per heavy atom. The summed E-state index contributed by atoms with van der Waals surface area (Å²) in [4.78, 5) is 30.7. The molecule has 3 N–H and O–H groups in total. The minimum Gasteiger partial charge on any atom is -0.494 e. The van der Waals surface area contributed by atoms with Crippen LogP contribution in [0.15, 0.2) is 66.5 Å². The summed E-state index contributed by atoms with van der Waals surface area (Å²) in [5.41, 5.74) is 3.74. The Labute approximate surface area is 262 Å². The molecule has 0 saturated carbocycles. The van der Waals surface area contributed by atoms with E-state index in [0.717, 1.165) is 34.1 Å². The van der Waals surface area contributed by atoms with Crippen LogP contribution in [0.2, 0.25) is 5.02 Å². The number of nitrogens with one attached hydrogen (secondary N) is 2. The molecular formula is C34H40ClN3O6. The monoisotopic (exact) mass is 621 g/mol. The number of benzene rings is 2. The smallest absolute Gasteiger partial charge is 0.415 e. The lowest BCUT2D eigenvalue weighted by atomic mass is 9.72. The van der Waals surface area contributed by atoms with E-state index in [-0.39, 0.29) is 19.2 Å². The fourth-order valence-corrected chi connectivity index (χ4v) is 5.98. The Morgan fingerprint density at radius 1 is 1.20 bits per heavy atom. The number of carbonyl (C=O) groups excluding carboxylic acids is 2. The number of aliphatic hydroxyl groups is 1. The normalized spacial score (nSPS) is 20.1. The molecule has 1 aliphatic carbocycles. The van der Waals surface area contributed by atoms with Gasteiger partial charge < -0.3 is 29.6 Å². The molecule has 3 atom stereocenters. The van der Waals surface area contributed by atoms with Gasteiger partial charge in [0.2, 0.25) is 0 Å². The second-order valence-electron chi connectivity index (χ2n) is 11.7. The maximum Gasteiger partial charge on any atom is 0.415 e. The number of aromatic amines is 1. The summed E-state index contributed by atoms with van der Waals surface area (Å²) in [6, 6.07) is 12.9. The molecular weight excluding hydrogens is 582 g/mol. The van der Waals surface area contributed by atoms with Gasteiger partial charge in [-0.05, 0) is 74.2 Å². The van der Waals surface area contributed by atoms with Gasteiger partial charge in [0.15, 0.2) is 0 Å². The summed E-state index contributed by atoms with van der Waals surface area (Å²) in [6.07, 6.45) is 6.71. The van der Waals surface area contributed by atoms with Crippen molar-refractivity contribution in [1.82, 2.24) is 15.2 Å². The number of ether oxygens (including phenoxy) is 3. The highest BCUT2D eigenvalue weighted by molar-refractivity contribution is 6.31. The van der Waals surface area contributed by atoms with E-state index in [9.17, 15) is 14.7 Å². The summed E-state index contributed by atoms with van der Waals surface area (Å²) in [7, 11) is 0. The zero-order valence-corrected chi connectivity index (χ0v) is 26.2. The lowest BCUT2D eigenvalue weighted by Gasteiger charge is -2.45. The fourth-order valence-electron chi connectivity index (χ4n) is 5.81. The van der Waals surface area contributed by atoms with Gasteiger partial charge in [0.1, 0.15) is 11.5 Å². The largest absolute Gasteiger partial charge is 0.494 e. The molecule has 0 bridgehead atoms. The lowest BCUT2D eigenvalue weighted by molar-refractivity contribution is 0.0814. The predicted molar refractivity (Wildman–Crippen MR) is 170 cm³/mol. The van der Waals surface area contributed by atoms with Crippen LogP contribution in [-0.4, -0.2) is 59.6 Å². The first-order chi connectivity index (χ1) is 21.2. The molecule has 1 aromatic heterocycles.